The molecule has 0 saturated heterocycles. The van der Waals surface area contributed by atoms with E-state index in [0.717, 1.165) is 38.5 Å². The first kappa shape index (κ1) is 24.2. The van der Waals surface area contributed by atoms with Crippen LogP contribution in [0.3, 0.4) is 0 Å². The second kappa shape index (κ2) is 10.6. The van der Waals surface area contributed by atoms with Crippen LogP contribution in [0.4, 0.5) is 4.39 Å². The number of aromatic amines is 1. The van der Waals surface area contributed by atoms with Crippen molar-refractivity contribution in [2.24, 2.45) is 5.92 Å². The summed E-state index contributed by atoms with van der Waals surface area (Å²) in [5.74, 6) is 0.346. The van der Waals surface area contributed by atoms with Gasteiger partial charge in [-0.3, -0.25) is 9.59 Å². The van der Waals surface area contributed by atoms with Crippen molar-refractivity contribution in [3.8, 4) is 17.0 Å². The average molecular weight is 496 g/mol. The van der Waals surface area contributed by atoms with Crippen LogP contribution in [0.25, 0.3) is 22.3 Å². The summed E-state index contributed by atoms with van der Waals surface area (Å²) < 4.78 is 25.0. The van der Waals surface area contributed by atoms with E-state index in [9.17, 15) is 14.0 Å². The van der Waals surface area contributed by atoms with E-state index in [0.29, 0.717) is 46.1 Å². The van der Waals surface area contributed by atoms with Crippen LogP contribution in [0.2, 0.25) is 0 Å². The Bertz CT molecular complexity index is 1250. The number of carbonyl (C=O) groups is 2. The van der Waals surface area contributed by atoms with E-state index in [1.807, 2.05) is 0 Å². The number of fused-ring (bicyclic) bond motifs is 1. The van der Waals surface area contributed by atoms with Gasteiger partial charge in [-0.05, 0) is 62.6 Å². The topological polar surface area (TPSA) is 118 Å². The molecule has 3 N–H and O–H groups in total. The van der Waals surface area contributed by atoms with E-state index in [1.54, 1.807) is 12.3 Å². The number of ether oxygens (including phenoxy) is 2. The molecule has 2 aliphatic carbocycles. The number of benzene rings is 1. The van der Waals surface area contributed by atoms with Gasteiger partial charge in [0.15, 0.2) is 0 Å². The maximum absolute atomic E-state index is 14.2. The molecule has 10 heteroatoms. The largest absolute Gasteiger partial charge is 0.493 e. The normalized spacial score (nSPS) is 19.7. The number of rotatable bonds is 9. The Morgan fingerprint density at radius 1 is 1.08 bits per heavy atom. The molecule has 1 aromatic carbocycles. The van der Waals surface area contributed by atoms with Crippen LogP contribution in [-0.4, -0.2) is 59.2 Å². The number of hydrogen-bond donors (Lipinski definition) is 3. The van der Waals surface area contributed by atoms with Gasteiger partial charge in [-0.1, -0.05) is 0 Å². The first-order chi connectivity index (χ1) is 17.5. The lowest BCUT2D eigenvalue weighted by Crippen LogP contribution is -2.44. The van der Waals surface area contributed by atoms with Crippen molar-refractivity contribution in [2.45, 2.75) is 50.6 Å². The molecule has 2 aromatic heterocycles. The summed E-state index contributed by atoms with van der Waals surface area (Å²) in [5, 5.41) is 6.05. The van der Waals surface area contributed by atoms with Gasteiger partial charge in [0.05, 0.1) is 17.7 Å². The van der Waals surface area contributed by atoms with Crippen LogP contribution < -0.4 is 15.4 Å². The first-order valence-electron chi connectivity index (χ1n) is 12.4. The summed E-state index contributed by atoms with van der Waals surface area (Å²) in [5.41, 5.74) is 2.42. The number of methoxy groups -OCH3 is 1. The lowest BCUT2D eigenvalue weighted by Gasteiger charge is -2.29. The second-order valence-electron chi connectivity index (χ2n) is 9.57. The molecule has 2 fully saturated rings. The zero-order chi connectivity index (χ0) is 25.1. The van der Waals surface area contributed by atoms with E-state index < -0.39 is 5.82 Å². The first-order valence-corrected chi connectivity index (χ1v) is 12.4. The Kier molecular flexibility index (Phi) is 7.13. The van der Waals surface area contributed by atoms with E-state index in [4.69, 9.17) is 9.47 Å². The highest BCUT2D eigenvalue weighted by molar-refractivity contribution is 6.07. The second-order valence-corrected chi connectivity index (χ2v) is 9.57. The van der Waals surface area contributed by atoms with Crippen molar-refractivity contribution >= 4 is 22.8 Å². The number of carbonyl (C=O) groups excluding carboxylic acids is 2. The smallest absolute Gasteiger partial charge is 0.255 e. The van der Waals surface area contributed by atoms with Gasteiger partial charge in [0.1, 0.15) is 35.7 Å². The van der Waals surface area contributed by atoms with Crippen LogP contribution in [-0.2, 0) is 9.53 Å². The van der Waals surface area contributed by atoms with Crippen molar-refractivity contribution in [1.82, 2.24) is 25.6 Å². The van der Waals surface area contributed by atoms with Crippen molar-refractivity contribution in [1.29, 1.82) is 0 Å². The molecule has 2 amide bonds. The number of amides is 2. The lowest BCUT2D eigenvalue weighted by molar-refractivity contribution is -0.125. The van der Waals surface area contributed by atoms with Crippen molar-refractivity contribution < 1.29 is 23.5 Å². The summed E-state index contributed by atoms with van der Waals surface area (Å²) in [6.45, 7) is 0.633. The van der Waals surface area contributed by atoms with Gasteiger partial charge in [0.2, 0.25) is 5.91 Å². The minimum atomic E-state index is -0.394. The standard InChI is InChI=1S/C26H30FN5O4/c1-35-13-22(33)31-17-5-7-18(8-6-17)32-26(34)20-11-28-25-23(29-14-30-24(20)25)19-10-16(27)4-9-21(19)36-12-15-2-3-15/h4,9-11,14-15,17-18,28H,2-3,5-8,12-13H2,1H3,(H,31,33)(H,32,34). The molecule has 3 aromatic rings. The zero-order valence-corrected chi connectivity index (χ0v) is 20.2. The molecule has 5 rings (SSSR count). The minimum absolute atomic E-state index is 0.00461. The predicted molar refractivity (Wildman–Crippen MR) is 131 cm³/mol. The fraction of sp³-hybridized carbons (Fsp3) is 0.462. The number of hydrogen-bond acceptors (Lipinski definition) is 6. The molecule has 0 spiro atoms. The van der Waals surface area contributed by atoms with Crippen LogP contribution in [0, 0.1) is 11.7 Å². The Hall–Kier alpha value is -3.53. The number of H-pyrrole nitrogens is 1. The molecule has 2 heterocycles. The summed E-state index contributed by atoms with van der Waals surface area (Å²) in [6, 6.07) is 4.48. The highest BCUT2D eigenvalue weighted by Crippen LogP contribution is 2.36. The van der Waals surface area contributed by atoms with E-state index >= 15 is 0 Å². The van der Waals surface area contributed by atoms with Gasteiger partial charge in [0.25, 0.3) is 5.91 Å². The molecule has 0 atom stereocenters. The molecule has 190 valence electrons. The summed E-state index contributed by atoms with van der Waals surface area (Å²) in [7, 11) is 1.49. The predicted octanol–water partition coefficient (Wildman–Crippen LogP) is 3.36. The average Bonchev–Trinajstić information content (AvgIpc) is 3.60. The monoisotopic (exact) mass is 495 g/mol. The summed E-state index contributed by atoms with van der Waals surface area (Å²) in [6.07, 6.45) is 8.37. The number of aromatic nitrogens is 3. The van der Waals surface area contributed by atoms with Gasteiger partial charge < -0.3 is 25.1 Å². The Balaban J connectivity index is 1.30. The van der Waals surface area contributed by atoms with Gasteiger partial charge >= 0.3 is 0 Å². The van der Waals surface area contributed by atoms with Crippen LogP contribution in [0.1, 0.15) is 48.9 Å². The lowest BCUT2D eigenvalue weighted by atomic mass is 9.91. The van der Waals surface area contributed by atoms with E-state index in [1.165, 1.54) is 25.6 Å². The SMILES string of the molecule is COCC(=O)NC1CCC(NC(=O)c2c[nH]c3c(-c4cc(F)ccc4OCC4CC4)ncnc23)CC1. The number of halogens is 1. The van der Waals surface area contributed by atoms with Crippen molar-refractivity contribution in [2.75, 3.05) is 20.3 Å². The maximum atomic E-state index is 14.2. The summed E-state index contributed by atoms with van der Waals surface area (Å²) >= 11 is 0. The van der Waals surface area contributed by atoms with E-state index in [2.05, 4.69) is 25.6 Å². The van der Waals surface area contributed by atoms with Crippen LogP contribution in [0.15, 0.2) is 30.7 Å². The highest BCUT2D eigenvalue weighted by Gasteiger charge is 2.26. The zero-order valence-electron chi connectivity index (χ0n) is 20.2. The molecule has 0 bridgehead atoms. The highest BCUT2D eigenvalue weighted by atomic mass is 19.1. The molecule has 9 nitrogen and oxygen atoms in total. The van der Waals surface area contributed by atoms with Crippen LogP contribution in [0.5, 0.6) is 5.75 Å². The molecule has 2 aliphatic rings. The Labute approximate surface area is 208 Å². The van der Waals surface area contributed by atoms with Crippen LogP contribution >= 0.6 is 0 Å². The third-order valence-electron chi connectivity index (χ3n) is 6.78. The number of nitrogens with one attached hydrogen (secondary N) is 3. The maximum Gasteiger partial charge on any atom is 0.255 e. The third kappa shape index (κ3) is 5.48. The molecule has 36 heavy (non-hydrogen) atoms. The number of nitrogens with zero attached hydrogens (tertiary/aromatic N) is 2. The Morgan fingerprint density at radius 2 is 1.83 bits per heavy atom. The summed E-state index contributed by atoms with van der Waals surface area (Å²) in [4.78, 5) is 36.7. The van der Waals surface area contributed by atoms with E-state index in [-0.39, 0.29) is 30.5 Å². The molecular weight excluding hydrogens is 465 g/mol. The van der Waals surface area contributed by atoms with Crippen molar-refractivity contribution in [3.05, 3.63) is 42.1 Å². The van der Waals surface area contributed by atoms with Crippen molar-refractivity contribution in [3.63, 3.8) is 0 Å². The van der Waals surface area contributed by atoms with Gasteiger partial charge in [-0.25, -0.2) is 14.4 Å². The third-order valence-corrected chi connectivity index (χ3v) is 6.78. The molecular formula is C26H30FN5O4. The molecule has 0 unspecified atom stereocenters. The Morgan fingerprint density at radius 3 is 2.56 bits per heavy atom. The molecule has 0 aliphatic heterocycles. The van der Waals surface area contributed by atoms with Gasteiger partial charge in [-0.15, -0.1) is 0 Å². The molecule has 2 saturated carbocycles. The van der Waals surface area contributed by atoms with Gasteiger partial charge in [0, 0.05) is 31.0 Å². The minimum Gasteiger partial charge on any atom is -0.493 e. The van der Waals surface area contributed by atoms with Gasteiger partial charge in [-0.2, -0.15) is 0 Å². The molecule has 0 radical (unpaired) electrons. The quantitative estimate of drug-likeness (QED) is 0.419. The fourth-order valence-electron chi connectivity index (χ4n) is 4.67. The fourth-order valence-corrected chi connectivity index (χ4v) is 4.67.